The van der Waals surface area contributed by atoms with E-state index in [9.17, 15) is 9.90 Å². The predicted molar refractivity (Wildman–Crippen MR) is 96.6 cm³/mol. The summed E-state index contributed by atoms with van der Waals surface area (Å²) in [6.07, 6.45) is 4.85. The zero-order valence-corrected chi connectivity index (χ0v) is 14.1. The fourth-order valence-electron chi connectivity index (χ4n) is 2.62. The number of hydrogen-bond donors (Lipinski definition) is 2. The molecule has 0 unspecified atom stereocenters. The maximum Gasteiger partial charge on any atom is 0.257 e. The Balaban J connectivity index is 1.82. The first-order valence-corrected chi connectivity index (χ1v) is 8.04. The van der Waals surface area contributed by atoms with Crippen LogP contribution in [0, 0.1) is 0 Å². The van der Waals surface area contributed by atoms with E-state index >= 15 is 0 Å². The molecule has 25 heavy (non-hydrogen) atoms. The van der Waals surface area contributed by atoms with Crippen LogP contribution in [0.4, 0.5) is 5.82 Å². The minimum atomic E-state index is -0.278. The molecule has 0 fully saturated rings. The molecule has 0 spiro atoms. The molecule has 1 aliphatic rings. The number of carbonyl (C=O) groups is 1. The van der Waals surface area contributed by atoms with Gasteiger partial charge in [-0.15, -0.1) is 0 Å². The molecule has 2 aromatic heterocycles. The van der Waals surface area contributed by atoms with Gasteiger partial charge in [-0.1, -0.05) is 23.2 Å². The molecule has 3 heterocycles. The van der Waals surface area contributed by atoms with E-state index in [2.05, 4.69) is 10.3 Å². The number of phenolic OH excluding ortho intramolecular Hbond substituents is 1. The summed E-state index contributed by atoms with van der Waals surface area (Å²) >= 11 is 11.9. The van der Waals surface area contributed by atoms with E-state index in [4.69, 9.17) is 27.6 Å². The number of furan rings is 1. The molecule has 3 aromatic rings. The van der Waals surface area contributed by atoms with E-state index in [-0.39, 0.29) is 21.7 Å². The van der Waals surface area contributed by atoms with Crippen LogP contribution in [0.5, 0.6) is 5.75 Å². The third kappa shape index (κ3) is 2.77. The van der Waals surface area contributed by atoms with E-state index in [0.29, 0.717) is 28.3 Å². The van der Waals surface area contributed by atoms with E-state index in [1.54, 1.807) is 24.6 Å². The molecule has 1 amide bonds. The van der Waals surface area contributed by atoms with Gasteiger partial charge in [-0.3, -0.25) is 4.79 Å². The van der Waals surface area contributed by atoms with Crippen molar-refractivity contribution in [2.45, 2.75) is 0 Å². The van der Waals surface area contributed by atoms with Gasteiger partial charge in [0, 0.05) is 17.3 Å². The molecule has 0 bridgehead atoms. The Kier molecular flexibility index (Phi) is 3.75. The van der Waals surface area contributed by atoms with Crippen molar-refractivity contribution in [2.24, 2.45) is 0 Å². The lowest BCUT2D eigenvalue weighted by Crippen LogP contribution is -2.04. The average molecular weight is 373 g/mol. The fourth-order valence-corrected chi connectivity index (χ4v) is 3.13. The number of rotatable bonds is 2. The van der Waals surface area contributed by atoms with Crippen molar-refractivity contribution in [2.75, 3.05) is 5.32 Å². The van der Waals surface area contributed by atoms with Gasteiger partial charge in [-0.05, 0) is 42.0 Å². The van der Waals surface area contributed by atoms with Crippen molar-refractivity contribution < 1.29 is 14.3 Å². The number of amides is 1. The topological polar surface area (TPSA) is 75.4 Å². The molecular weight excluding hydrogens is 363 g/mol. The summed E-state index contributed by atoms with van der Waals surface area (Å²) in [6, 6.07) is 8.49. The molecule has 2 N–H and O–H groups in total. The molecule has 1 aliphatic heterocycles. The van der Waals surface area contributed by atoms with Gasteiger partial charge in [-0.25, -0.2) is 4.98 Å². The number of benzene rings is 1. The second-order valence-corrected chi connectivity index (χ2v) is 6.26. The van der Waals surface area contributed by atoms with Crippen LogP contribution in [0.3, 0.4) is 0 Å². The SMILES string of the molecule is O=C1Nc2ncc(-c3ccco3)cc2C1=Cc1cc(Cl)c(O)c(Cl)c1. The van der Waals surface area contributed by atoms with Crippen molar-refractivity contribution >= 4 is 46.6 Å². The predicted octanol–water partition coefficient (Wildman–Crippen LogP) is 4.85. The van der Waals surface area contributed by atoms with Crippen LogP contribution < -0.4 is 5.32 Å². The smallest absolute Gasteiger partial charge is 0.257 e. The number of pyridine rings is 1. The van der Waals surface area contributed by atoms with Gasteiger partial charge < -0.3 is 14.8 Å². The molecule has 4 rings (SSSR count). The first-order chi connectivity index (χ1) is 12.0. The molecule has 124 valence electrons. The number of anilines is 1. The maximum atomic E-state index is 12.3. The van der Waals surface area contributed by atoms with Gasteiger partial charge in [0.2, 0.25) is 0 Å². The quantitative estimate of drug-likeness (QED) is 0.630. The van der Waals surface area contributed by atoms with Gasteiger partial charge in [0.25, 0.3) is 5.91 Å². The first-order valence-electron chi connectivity index (χ1n) is 7.28. The summed E-state index contributed by atoms with van der Waals surface area (Å²) in [6.45, 7) is 0. The van der Waals surface area contributed by atoms with Crippen LogP contribution in [-0.2, 0) is 4.79 Å². The van der Waals surface area contributed by atoms with Gasteiger partial charge in [0.15, 0.2) is 5.75 Å². The number of nitrogens with one attached hydrogen (secondary N) is 1. The van der Waals surface area contributed by atoms with Gasteiger partial charge >= 0.3 is 0 Å². The average Bonchev–Trinajstić information content (AvgIpc) is 3.21. The Morgan fingerprint density at radius 2 is 1.96 bits per heavy atom. The number of aromatic hydroxyl groups is 1. The minimum Gasteiger partial charge on any atom is -0.505 e. The summed E-state index contributed by atoms with van der Waals surface area (Å²) in [5.41, 5.74) is 2.43. The standard InChI is InChI=1S/C18H10Cl2N2O3/c19-13-5-9(6-14(20)16(13)23)4-12-11-7-10(15-2-1-3-25-15)8-21-17(11)22-18(12)24/h1-8,23H,(H,21,22,24). The molecule has 0 saturated carbocycles. The lowest BCUT2D eigenvalue weighted by Gasteiger charge is -2.04. The number of hydrogen-bond acceptors (Lipinski definition) is 4. The van der Waals surface area contributed by atoms with Crippen molar-refractivity contribution in [1.29, 1.82) is 0 Å². The van der Waals surface area contributed by atoms with Crippen molar-refractivity contribution in [3.8, 4) is 17.1 Å². The highest BCUT2D eigenvalue weighted by Crippen LogP contribution is 2.37. The van der Waals surface area contributed by atoms with Crippen LogP contribution in [0.2, 0.25) is 10.0 Å². The molecule has 0 aliphatic carbocycles. The van der Waals surface area contributed by atoms with Gasteiger partial charge in [0.1, 0.15) is 11.6 Å². The Morgan fingerprint density at radius 1 is 1.20 bits per heavy atom. The summed E-state index contributed by atoms with van der Waals surface area (Å²) in [4.78, 5) is 16.6. The third-order valence-electron chi connectivity index (χ3n) is 3.81. The van der Waals surface area contributed by atoms with E-state index in [1.807, 2.05) is 12.1 Å². The summed E-state index contributed by atoms with van der Waals surface area (Å²) < 4.78 is 5.38. The largest absolute Gasteiger partial charge is 0.505 e. The summed E-state index contributed by atoms with van der Waals surface area (Å²) in [5, 5.41) is 12.6. The van der Waals surface area contributed by atoms with E-state index < -0.39 is 0 Å². The van der Waals surface area contributed by atoms with Crippen molar-refractivity contribution in [3.05, 3.63) is 64.0 Å². The molecular formula is C18H10Cl2N2O3. The normalized spacial score (nSPS) is 14.6. The van der Waals surface area contributed by atoms with Crippen LogP contribution in [0.1, 0.15) is 11.1 Å². The zero-order chi connectivity index (χ0) is 17.6. The number of aromatic nitrogens is 1. The monoisotopic (exact) mass is 372 g/mol. The molecule has 5 nitrogen and oxygen atoms in total. The maximum absolute atomic E-state index is 12.3. The lowest BCUT2D eigenvalue weighted by molar-refractivity contribution is -0.110. The molecule has 0 saturated heterocycles. The molecule has 0 radical (unpaired) electrons. The highest BCUT2D eigenvalue weighted by atomic mass is 35.5. The van der Waals surface area contributed by atoms with Crippen LogP contribution in [-0.4, -0.2) is 16.0 Å². The minimum absolute atomic E-state index is 0.112. The molecule has 7 heteroatoms. The van der Waals surface area contributed by atoms with Gasteiger partial charge in [-0.2, -0.15) is 0 Å². The van der Waals surface area contributed by atoms with Crippen molar-refractivity contribution in [3.63, 3.8) is 0 Å². The fraction of sp³-hybridized carbons (Fsp3) is 0. The Hall–Kier alpha value is -2.76. The highest BCUT2D eigenvalue weighted by molar-refractivity contribution is 6.38. The number of fused-ring (bicyclic) bond motifs is 1. The second kappa shape index (κ2) is 5.95. The Morgan fingerprint density at radius 3 is 2.64 bits per heavy atom. The molecule has 1 aromatic carbocycles. The zero-order valence-electron chi connectivity index (χ0n) is 12.6. The second-order valence-electron chi connectivity index (χ2n) is 5.44. The number of halogens is 2. The summed E-state index contributed by atoms with van der Waals surface area (Å²) in [5.74, 6) is 0.662. The number of carbonyl (C=O) groups excluding carboxylic acids is 1. The first kappa shape index (κ1) is 15.7. The van der Waals surface area contributed by atoms with Crippen LogP contribution in [0.25, 0.3) is 23.0 Å². The summed E-state index contributed by atoms with van der Waals surface area (Å²) in [7, 11) is 0. The van der Waals surface area contributed by atoms with Gasteiger partial charge in [0.05, 0.1) is 21.9 Å². The number of phenols is 1. The third-order valence-corrected chi connectivity index (χ3v) is 4.39. The van der Waals surface area contributed by atoms with E-state index in [0.717, 1.165) is 5.56 Å². The lowest BCUT2D eigenvalue weighted by atomic mass is 10.0. The van der Waals surface area contributed by atoms with Crippen LogP contribution >= 0.6 is 23.2 Å². The van der Waals surface area contributed by atoms with Crippen molar-refractivity contribution in [1.82, 2.24) is 4.98 Å². The Bertz CT molecular complexity index is 1000. The highest BCUT2D eigenvalue weighted by Gasteiger charge is 2.26. The number of nitrogens with zero attached hydrogens (tertiary/aromatic N) is 1. The Labute approximate surface area is 152 Å². The molecule has 0 atom stereocenters. The van der Waals surface area contributed by atoms with Crippen LogP contribution in [0.15, 0.2) is 47.2 Å². The van der Waals surface area contributed by atoms with E-state index in [1.165, 1.54) is 12.1 Å².